The molecule has 34 heavy (non-hydrogen) atoms. The highest BCUT2D eigenvalue weighted by Gasteiger charge is 2.25. The first-order valence-corrected chi connectivity index (χ1v) is 11.9. The van der Waals surface area contributed by atoms with Crippen LogP contribution >= 0.6 is 23.6 Å². The van der Waals surface area contributed by atoms with Gasteiger partial charge in [-0.15, -0.1) is 11.3 Å². The van der Waals surface area contributed by atoms with Crippen LogP contribution in [0.3, 0.4) is 0 Å². The molecule has 2 aromatic heterocycles. The molecule has 0 aliphatic heterocycles. The number of hydrogen-bond donors (Lipinski definition) is 2. The van der Waals surface area contributed by atoms with Crippen molar-refractivity contribution in [1.29, 1.82) is 0 Å². The zero-order valence-electron chi connectivity index (χ0n) is 18.7. The normalized spacial score (nSPS) is 10.7. The van der Waals surface area contributed by atoms with Crippen LogP contribution in [0.1, 0.15) is 27.7 Å². The van der Waals surface area contributed by atoms with Gasteiger partial charge in [0, 0.05) is 16.6 Å². The Kier molecular flexibility index (Phi) is 7.34. The molecule has 0 bridgehead atoms. The molecule has 9 heteroatoms. The third-order valence-electron chi connectivity index (χ3n) is 5.00. The summed E-state index contributed by atoms with van der Waals surface area (Å²) in [5.41, 5.74) is 3.86. The molecule has 2 heterocycles. The van der Waals surface area contributed by atoms with Crippen molar-refractivity contribution < 1.29 is 13.9 Å². The second kappa shape index (κ2) is 10.6. The Balaban J connectivity index is 1.51. The van der Waals surface area contributed by atoms with Gasteiger partial charge in [0.2, 0.25) is 0 Å². The Labute approximate surface area is 206 Å². The maximum atomic E-state index is 13.1. The molecule has 4 aromatic rings. The summed E-state index contributed by atoms with van der Waals surface area (Å²) in [4.78, 5) is 13.8. The number of nitrogens with zero attached hydrogens (tertiary/aromatic N) is 2. The first kappa shape index (κ1) is 23.6. The first-order valence-electron chi connectivity index (χ1n) is 10.7. The lowest BCUT2D eigenvalue weighted by Gasteiger charge is -2.11. The van der Waals surface area contributed by atoms with E-state index in [-0.39, 0.29) is 12.4 Å². The molecule has 0 aliphatic carbocycles. The number of thiocarbonyl (C=S) groups is 1. The maximum absolute atomic E-state index is 13.1. The lowest BCUT2D eigenvalue weighted by atomic mass is 10.0. The van der Waals surface area contributed by atoms with Gasteiger partial charge in [-0.25, -0.2) is 9.18 Å². The predicted molar refractivity (Wildman–Crippen MR) is 138 cm³/mol. The van der Waals surface area contributed by atoms with Crippen LogP contribution in [-0.2, 0) is 11.3 Å². The molecule has 0 spiro atoms. The fourth-order valence-electron chi connectivity index (χ4n) is 3.54. The lowest BCUT2D eigenvalue weighted by Crippen LogP contribution is -2.20. The fourth-order valence-corrected chi connectivity index (χ4v) is 4.89. The van der Waals surface area contributed by atoms with Crippen molar-refractivity contribution in [1.82, 2.24) is 9.78 Å². The molecule has 0 radical (unpaired) electrons. The van der Waals surface area contributed by atoms with Crippen molar-refractivity contribution >= 4 is 45.3 Å². The van der Waals surface area contributed by atoms with Crippen LogP contribution in [0.25, 0.3) is 11.1 Å². The van der Waals surface area contributed by atoms with Gasteiger partial charge in [0.25, 0.3) is 0 Å². The van der Waals surface area contributed by atoms with Gasteiger partial charge in [0.1, 0.15) is 16.4 Å². The van der Waals surface area contributed by atoms with E-state index < -0.39 is 5.97 Å². The standard InChI is InChI=1S/C25H23FN4O2S2/c1-3-32-24(31)22-21(18-7-5-4-6-8-18)16(2)34-23(22)29-25(33)28-20-13-27-30(15-20)14-17-9-11-19(26)12-10-17/h4-13,15H,3,14H2,1-2H3,(H2,28,29,33). The number of ether oxygens (including phenoxy) is 1. The van der Waals surface area contributed by atoms with E-state index in [1.165, 1.54) is 23.5 Å². The monoisotopic (exact) mass is 494 g/mol. The van der Waals surface area contributed by atoms with E-state index in [1.807, 2.05) is 37.3 Å². The summed E-state index contributed by atoms with van der Waals surface area (Å²) in [5, 5.41) is 11.5. The number of halogens is 1. The van der Waals surface area contributed by atoms with Crippen molar-refractivity contribution in [2.75, 3.05) is 17.2 Å². The van der Waals surface area contributed by atoms with E-state index in [0.29, 0.717) is 27.9 Å². The van der Waals surface area contributed by atoms with Gasteiger partial charge in [-0.3, -0.25) is 4.68 Å². The molecular formula is C25H23FN4O2S2. The van der Waals surface area contributed by atoms with Gasteiger partial charge in [-0.1, -0.05) is 42.5 Å². The number of carbonyl (C=O) groups excluding carboxylic acids is 1. The number of benzene rings is 2. The molecular weight excluding hydrogens is 471 g/mol. The molecule has 174 valence electrons. The Bertz CT molecular complexity index is 1300. The van der Waals surface area contributed by atoms with Gasteiger partial charge < -0.3 is 15.4 Å². The van der Waals surface area contributed by atoms with E-state index >= 15 is 0 Å². The van der Waals surface area contributed by atoms with Gasteiger partial charge in [-0.2, -0.15) is 5.10 Å². The van der Waals surface area contributed by atoms with E-state index in [0.717, 1.165) is 21.6 Å². The van der Waals surface area contributed by atoms with Crippen molar-refractivity contribution in [2.45, 2.75) is 20.4 Å². The molecule has 0 saturated carbocycles. The number of carbonyl (C=O) groups is 1. The number of hydrogen-bond acceptors (Lipinski definition) is 5. The summed E-state index contributed by atoms with van der Waals surface area (Å²) >= 11 is 6.95. The summed E-state index contributed by atoms with van der Waals surface area (Å²) < 4.78 is 20.2. The quantitative estimate of drug-likeness (QED) is 0.239. The number of rotatable bonds is 7. The average molecular weight is 495 g/mol. The molecule has 0 saturated heterocycles. The zero-order chi connectivity index (χ0) is 24.1. The second-order valence-electron chi connectivity index (χ2n) is 7.46. The van der Waals surface area contributed by atoms with Crippen LogP contribution < -0.4 is 10.6 Å². The number of thiophene rings is 1. The molecule has 6 nitrogen and oxygen atoms in total. The predicted octanol–water partition coefficient (Wildman–Crippen LogP) is 6.09. The summed E-state index contributed by atoms with van der Waals surface area (Å²) in [6.07, 6.45) is 3.46. The molecule has 0 atom stereocenters. The lowest BCUT2D eigenvalue weighted by molar-refractivity contribution is 0.0529. The van der Waals surface area contributed by atoms with E-state index in [9.17, 15) is 9.18 Å². The number of anilines is 2. The Morgan fingerprint density at radius 3 is 2.59 bits per heavy atom. The van der Waals surface area contributed by atoms with Gasteiger partial charge in [0.05, 0.1) is 25.0 Å². The van der Waals surface area contributed by atoms with Crippen LogP contribution in [-0.4, -0.2) is 27.5 Å². The highest BCUT2D eigenvalue weighted by atomic mass is 32.1. The van der Waals surface area contributed by atoms with Crippen molar-refractivity contribution in [2.24, 2.45) is 0 Å². The molecule has 0 aliphatic rings. The van der Waals surface area contributed by atoms with Crippen molar-refractivity contribution in [3.63, 3.8) is 0 Å². The summed E-state index contributed by atoms with van der Waals surface area (Å²) in [7, 11) is 0. The number of aryl methyl sites for hydroxylation is 1. The first-order chi connectivity index (χ1) is 16.4. The summed E-state index contributed by atoms with van der Waals surface area (Å²) in [5.74, 6) is -0.674. The third-order valence-corrected chi connectivity index (χ3v) is 6.23. The Hall–Kier alpha value is -3.56. The Morgan fingerprint density at radius 2 is 1.88 bits per heavy atom. The summed E-state index contributed by atoms with van der Waals surface area (Å²) in [6, 6.07) is 16.0. The number of nitrogens with one attached hydrogen (secondary N) is 2. The molecule has 2 aromatic carbocycles. The highest BCUT2D eigenvalue weighted by Crippen LogP contribution is 2.40. The van der Waals surface area contributed by atoms with Gasteiger partial charge in [-0.05, 0) is 49.3 Å². The minimum absolute atomic E-state index is 0.274. The molecule has 0 unspecified atom stereocenters. The second-order valence-corrected chi connectivity index (χ2v) is 9.09. The number of esters is 1. The molecule has 0 amide bonds. The molecule has 4 rings (SSSR count). The minimum Gasteiger partial charge on any atom is -0.462 e. The molecule has 0 fully saturated rings. The maximum Gasteiger partial charge on any atom is 0.341 e. The van der Waals surface area contributed by atoms with Crippen molar-refractivity contribution in [3.05, 3.63) is 88.8 Å². The van der Waals surface area contributed by atoms with Crippen LogP contribution in [0.15, 0.2) is 67.0 Å². The van der Waals surface area contributed by atoms with Crippen LogP contribution in [0.2, 0.25) is 0 Å². The summed E-state index contributed by atoms with van der Waals surface area (Å²) in [6.45, 7) is 4.52. The van der Waals surface area contributed by atoms with Gasteiger partial charge in [0.15, 0.2) is 5.11 Å². The van der Waals surface area contributed by atoms with Gasteiger partial charge >= 0.3 is 5.97 Å². The zero-order valence-corrected chi connectivity index (χ0v) is 20.3. The van der Waals surface area contributed by atoms with Crippen LogP contribution in [0, 0.1) is 12.7 Å². The SMILES string of the molecule is CCOC(=O)c1c(NC(=S)Nc2cnn(Cc3ccc(F)cc3)c2)sc(C)c1-c1ccccc1. The van der Waals surface area contributed by atoms with E-state index in [2.05, 4.69) is 15.7 Å². The molecule has 2 N–H and O–H groups in total. The van der Waals surface area contributed by atoms with E-state index in [1.54, 1.807) is 36.1 Å². The van der Waals surface area contributed by atoms with E-state index in [4.69, 9.17) is 17.0 Å². The van der Waals surface area contributed by atoms with Crippen LogP contribution in [0.4, 0.5) is 15.1 Å². The number of aromatic nitrogens is 2. The fraction of sp³-hybridized carbons (Fsp3) is 0.160. The average Bonchev–Trinajstić information content (AvgIpc) is 3.39. The largest absolute Gasteiger partial charge is 0.462 e. The highest BCUT2D eigenvalue weighted by molar-refractivity contribution is 7.80. The third kappa shape index (κ3) is 5.49. The smallest absolute Gasteiger partial charge is 0.341 e. The topological polar surface area (TPSA) is 68.2 Å². The van der Waals surface area contributed by atoms with Crippen LogP contribution in [0.5, 0.6) is 0 Å². The van der Waals surface area contributed by atoms with Crippen molar-refractivity contribution in [3.8, 4) is 11.1 Å². The minimum atomic E-state index is -0.400. The Morgan fingerprint density at radius 1 is 1.15 bits per heavy atom.